The van der Waals surface area contributed by atoms with E-state index in [1.54, 1.807) is 0 Å². The standard InChI is InChI=1S/C29H39N3O3/c1-22(2)20-34-21-26(33)18-32(17-24-14-15-24)19-27-28(25-12-8-5-9-13-25)30-35-29(27)31(3)16-23-10-6-4-7-11-23/h4-13,22,24,26,33H,14-21H2,1-3H3. The largest absolute Gasteiger partial charge is 0.389 e. The molecule has 0 saturated heterocycles. The fourth-order valence-corrected chi connectivity index (χ4v) is 4.38. The highest BCUT2D eigenvalue weighted by Gasteiger charge is 2.29. The van der Waals surface area contributed by atoms with E-state index in [1.807, 2.05) is 31.3 Å². The zero-order valence-electron chi connectivity index (χ0n) is 21.3. The van der Waals surface area contributed by atoms with Crippen LogP contribution in [0, 0.1) is 11.8 Å². The number of aliphatic hydroxyl groups excluding tert-OH is 1. The molecule has 188 valence electrons. The van der Waals surface area contributed by atoms with Crippen LogP contribution in [0.4, 0.5) is 5.88 Å². The Kier molecular flexibility index (Phi) is 8.96. The average Bonchev–Trinajstić information content (AvgIpc) is 3.56. The van der Waals surface area contributed by atoms with E-state index in [0.29, 0.717) is 38.1 Å². The van der Waals surface area contributed by atoms with Gasteiger partial charge in [-0.25, -0.2) is 0 Å². The molecule has 0 bridgehead atoms. The molecular weight excluding hydrogens is 438 g/mol. The summed E-state index contributed by atoms with van der Waals surface area (Å²) in [6.07, 6.45) is 1.98. The van der Waals surface area contributed by atoms with Gasteiger partial charge in [-0.05, 0) is 30.2 Å². The Morgan fingerprint density at radius 2 is 1.69 bits per heavy atom. The summed E-state index contributed by atoms with van der Waals surface area (Å²) in [6.45, 7) is 8.18. The number of nitrogens with zero attached hydrogens (tertiary/aromatic N) is 3. The quantitative estimate of drug-likeness (QED) is 0.343. The fraction of sp³-hybridized carbons (Fsp3) is 0.483. The lowest BCUT2D eigenvalue weighted by Gasteiger charge is -2.26. The first-order valence-electron chi connectivity index (χ1n) is 12.8. The molecule has 35 heavy (non-hydrogen) atoms. The Bertz CT molecular complexity index is 1020. The molecule has 1 atom stereocenters. The number of rotatable bonds is 14. The molecule has 1 saturated carbocycles. The van der Waals surface area contributed by atoms with Gasteiger partial charge in [-0.2, -0.15) is 0 Å². The van der Waals surface area contributed by atoms with Crippen LogP contribution >= 0.6 is 0 Å². The van der Waals surface area contributed by atoms with Crippen LogP contribution in [0.5, 0.6) is 0 Å². The number of anilines is 1. The van der Waals surface area contributed by atoms with Crippen molar-refractivity contribution in [3.63, 3.8) is 0 Å². The molecule has 1 aliphatic carbocycles. The van der Waals surface area contributed by atoms with Crippen molar-refractivity contribution in [3.05, 3.63) is 71.8 Å². The van der Waals surface area contributed by atoms with Crippen LogP contribution in [-0.2, 0) is 17.8 Å². The van der Waals surface area contributed by atoms with E-state index >= 15 is 0 Å². The molecule has 1 aromatic heterocycles. The molecule has 1 heterocycles. The van der Waals surface area contributed by atoms with E-state index in [0.717, 1.165) is 35.8 Å². The van der Waals surface area contributed by atoms with Gasteiger partial charge in [-0.3, -0.25) is 4.90 Å². The number of ether oxygens (including phenoxy) is 1. The topological polar surface area (TPSA) is 62.0 Å². The summed E-state index contributed by atoms with van der Waals surface area (Å²) in [5.74, 6) is 1.93. The summed E-state index contributed by atoms with van der Waals surface area (Å²) in [5, 5.41) is 15.3. The summed E-state index contributed by atoms with van der Waals surface area (Å²) >= 11 is 0. The highest BCUT2D eigenvalue weighted by atomic mass is 16.5. The van der Waals surface area contributed by atoms with Gasteiger partial charge in [0.15, 0.2) is 0 Å². The minimum Gasteiger partial charge on any atom is -0.389 e. The smallest absolute Gasteiger partial charge is 0.232 e. The van der Waals surface area contributed by atoms with E-state index < -0.39 is 6.10 Å². The van der Waals surface area contributed by atoms with Gasteiger partial charge in [-0.15, -0.1) is 0 Å². The maximum Gasteiger partial charge on any atom is 0.232 e. The van der Waals surface area contributed by atoms with Crippen molar-refractivity contribution in [3.8, 4) is 11.3 Å². The molecule has 4 rings (SSSR count). The van der Waals surface area contributed by atoms with E-state index in [2.05, 4.69) is 65.2 Å². The summed E-state index contributed by atoms with van der Waals surface area (Å²) in [6, 6.07) is 20.6. The first-order chi connectivity index (χ1) is 17.0. The van der Waals surface area contributed by atoms with Gasteiger partial charge in [0, 0.05) is 45.4 Å². The van der Waals surface area contributed by atoms with Gasteiger partial charge >= 0.3 is 0 Å². The molecule has 1 aliphatic rings. The Hall–Kier alpha value is -2.67. The molecule has 3 aromatic rings. The van der Waals surface area contributed by atoms with Crippen molar-refractivity contribution in [2.75, 3.05) is 38.3 Å². The van der Waals surface area contributed by atoms with Gasteiger partial charge in [0.25, 0.3) is 0 Å². The van der Waals surface area contributed by atoms with Gasteiger partial charge in [0.2, 0.25) is 5.88 Å². The molecule has 0 aliphatic heterocycles. The lowest BCUT2D eigenvalue weighted by atomic mass is 10.1. The van der Waals surface area contributed by atoms with Gasteiger partial charge in [0.1, 0.15) is 5.69 Å². The van der Waals surface area contributed by atoms with E-state index in [1.165, 1.54) is 18.4 Å². The van der Waals surface area contributed by atoms with Crippen molar-refractivity contribution in [2.24, 2.45) is 11.8 Å². The first kappa shape index (κ1) is 25.4. The number of benzene rings is 2. The SMILES string of the molecule is CC(C)COCC(O)CN(Cc1c(-c2ccccc2)noc1N(C)Cc1ccccc1)CC1CC1. The maximum absolute atomic E-state index is 10.7. The normalized spacial score (nSPS) is 14.6. The summed E-state index contributed by atoms with van der Waals surface area (Å²) < 4.78 is 11.7. The predicted molar refractivity (Wildman–Crippen MR) is 140 cm³/mol. The van der Waals surface area contributed by atoms with Crippen LogP contribution in [0.1, 0.15) is 37.8 Å². The zero-order valence-corrected chi connectivity index (χ0v) is 21.3. The third-order valence-corrected chi connectivity index (χ3v) is 6.25. The third kappa shape index (κ3) is 7.66. The highest BCUT2D eigenvalue weighted by molar-refractivity contribution is 5.68. The van der Waals surface area contributed by atoms with Crippen LogP contribution in [0.25, 0.3) is 11.3 Å². The Morgan fingerprint density at radius 1 is 1.00 bits per heavy atom. The fourth-order valence-electron chi connectivity index (χ4n) is 4.38. The molecule has 0 spiro atoms. The molecule has 0 radical (unpaired) electrons. The lowest BCUT2D eigenvalue weighted by Crippen LogP contribution is -2.36. The number of hydrogen-bond acceptors (Lipinski definition) is 6. The summed E-state index contributed by atoms with van der Waals surface area (Å²) in [4.78, 5) is 4.47. The highest BCUT2D eigenvalue weighted by Crippen LogP contribution is 2.35. The van der Waals surface area contributed by atoms with Crippen molar-refractivity contribution >= 4 is 5.88 Å². The van der Waals surface area contributed by atoms with Crippen LogP contribution in [0.2, 0.25) is 0 Å². The van der Waals surface area contributed by atoms with Crippen LogP contribution in [0.15, 0.2) is 65.2 Å². The minimum atomic E-state index is -0.530. The second-order valence-electron chi connectivity index (χ2n) is 10.2. The number of aromatic nitrogens is 1. The van der Waals surface area contributed by atoms with Crippen molar-refractivity contribution < 1.29 is 14.4 Å². The predicted octanol–water partition coefficient (Wildman–Crippen LogP) is 5.22. The molecule has 1 N–H and O–H groups in total. The summed E-state index contributed by atoms with van der Waals surface area (Å²) in [5.41, 5.74) is 4.18. The second kappa shape index (κ2) is 12.3. The first-order valence-corrected chi connectivity index (χ1v) is 12.8. The van der Waals surface area contributed by atoms with Gasteiger partial charge in [0.05, 0.1) is 18.3 Å². The zero-order chi connectivity index (χ0) is 24.6. The van der Waals surface area contributed by atoms with Crippen molar-refractivity contribution in [1.29, 1.82) is 0 Å². The number of hydrogen-bond donors (Lipinski definition) is 1. The monoisotopic (exact) mass is 477 g/mol. The van der Waals surface area contributed by atoms with Gasteiger partial charge in [-0.1, -0.05) is 79.7 Å². The van der Waals surface area contributed by atoms with Crippen molar-refractivity contribution in [1.82, 2.24) is 10.1 Å². The Morgan fingerprint density at radius 3 is 2.34 bits per heavy atom. The summed E-state index contributed by atoms with van der Waals surface area (Å²) in [7, 11) is 2.05. The minimum absolute atomic E-state index is 0.356. The molecule has 6 nitrogen and oxygen atoms in total. The average molecular weight is 478 g/mol. The molecular formula is C29H39N3O3. The van der Waals surface area contributed by atoms with E-state index in [-0.39, 0.29) is 0 Å². The molecule has 0 amide bonds. The maximum atomic E-state index is 10.7. The third-order valence-electron chi connectivity index (χ3n) is 6.25. The van der Waals surface area contributed by atoms with Crippen LogP contribution in [-0.4, -0.2) is 54.6 Å². The van der Waals surface area contributed by atoms with E-state index in [4.69, 9.17) is 9.26 Å². The lowest BCUT2D eigenvalue weighted by molar-refractivity contribution is 0.00622. The van der Waals surface area contributed by atoms with Gasteiger partial charge < -0.3 is 19.3 Å². The molecule has 6 heteroatoms. The van der Waals surface area contributed by atoms with Crippen molar-refractivity contribution in [2.45, 2.75) is 45.9 Å². The number of aliphatic hydroxyl groups is 1. The van der Waals surface area contributed by atoms with E-state index in [9.17, 15) is 5.11 Å². The Labute approximate surface area is 209 Å². The molecule has 1 unspecified atom stereocenters. The molecule has 1 fully saturated rings. The Balaban J connectivity index is 1.56. The second-order valence-corrected chi connectivity index (χ2v) is 10.2. The van der Waals surface area contributed by atoms with Crippen LogP contribution < -0.4 is 4.90 Å². The molecule has 2 aromatic carbocycles. The van der Waals surface area contributed by atoms with Crippen LogP contribution in [0.3, 0.4) is 0 Å².